The van der Waals surface area contributed by atoms with E-state index >= 15 is 0 Å². The topological polar surface area (TPSA) is 87.5 Å². The Balaban J connectivity index is 2.41. The highest BCUT2D eigenvalue weighted by Crippen LogP contribution is 2.26. The van der Waals surface area contributed by atoms with Crippen molar-refractivity contribution in [2.45, 2.75) is 13.8 Å². The van der Waals surface area contributed by atoms with Crippen LogP contribution in [0, 0.1) is 0 Å². The van der Waals surface area contributed by atoms with Crippen molar-refractivity contribution in [3.8, 4) is 11.5 Å². The van der Waals surface area contributed by atoms with Gasteiger partial charge in [-0.2, -0.15) is 0 Å². The van der Waals surface area contributed by atoms with E-state index in [2.05, 4.69) is 4.98 Å². The van der Waals surface area contributed by atoms with E-state index in [0.29, 0.717) is 0 Å². The van der Waals surface area contributed by atoms with Crippen LogP contribution < -0.4 is 9.47 Å². The van der Waals surface area contributed by atoms with Gasteiger partial charge in [0.25, 0.3) is 5.91 Å². The van der Waals surface area contributed by atoms with Crippen LogP contribution in [0.15, 0.2) is 36.9 Å². The summed E-state index contributed by atoms with van der Waals surface area (Å²) in [5, 5.41) is 0. The van der Waals surface area contributed by atoms with Crippen molar-refractivity contribution in [2.75, 3.05) is 0 Å². The fourth-order valence-corrected chi connectivity index (χ4v) is 1.67. The third-order valence-electron chi connectivity index (χ3n) is 2.44. The number of nitrogens with zero attached hydrogens (tertiary/aromatic N) is 2. The van der Waals surface area contributed by atoms with Crippen LogP contribution >= 0.6 is 0 Å². The summed E-state index contributed by atoms with van der Waals surface area (Å²) in [6, 6.07) is 4.17. The van der Waals surface area contributed by atoms with Gasteiger partial charge >= 0.3 is 11.9 Å². The maximum Gasteiger partial charge on any atom is 0.308 e. The molecule has 1 heterocycles. The molecule has 0 radical (unpaired) electrons. The molecule has 0 atom stereocenters. The fraction of sp³-hybridized carbons (Fsp3) is 0.143. The molecule has 2 aromatic rings. The van der Waals surface area contributed by atoms with Crippen LogP contribution in [0.3, 0.4) is 0 Å². The molecule has 0 fully saturated rings. The molecule has 0 saturated carbocycles. The minimum Gasteiger partial charge on any atom is -0.427 e. The quantitative estimate of drug-likeness (QED) is 0.627. The summed E-state index contributed by atoms with van der Waals surface area (Å²) in [6.07, 6.45) is 4.26. The van der Waals surface area contributed by atoms with Gasteiger partial charge in [-0.25, -0.2) is 4.98 Å². The monoisotopic (exact) mass is 288 g/mol. The van der Waals surface area contributed by atoms with Crippen LogP contribution in [0.25, 0.3) is 0 Å². The second-order valence-corrected chi connectivity index (χ2v) is 4.12. The van der Waals surface area contributed by atoms with Gasteiger partial charge in [-0.05, 0) is 12.1 Å². The van der Waals surface area contributed by atoms with Gasteiger partial charge in [0.15, 0.2) is 0 Å². The van der Waals surface area contributed by atoms with E-state index < -0.39 is 17.8 Å². The Morgan fingerprint density at radius 3 is 2.38 bits per heavy atom. The normalized spacial score (nSPS) is 10.0. The van der Waals surface area contributed by atoms with Crippen LogP contribution in [-0.2, 0) is 9.59 Å². The maximum atomic E-state index is 12.3. The van der Waals surface area contributed by atoms with E-state index in [1.54, 1.807) is 0 Å². The first-order chi connectivity index (χ1) is 9.97. The zero-order valence-electron chi connectivity index (χ0n) is 11.4. The standard InChI is InChI=1S/C14H12N2O5/c1-9(17)20-11-3-4-12(13(7-11)21-10(2)18)14(19)16-6-5-15-8-16/h3-8H,1-2H3. The Bertz CT molecular complexity index is 691. The lowest BCUT2D eigenvalue weighted by Crippen LogP contribution is -2.14. The summed E-state index contributed by atoms with van der Waals surface area (Å²) >= 11 is 0. The molecule has 0 saturated heterocycles. The Hall–Kier alpha value is -2.96. The minimum atomic E-state index is -0.588. The van der Waals surface area contributed by atoms with E-state index in [9.17, 15) is 14.4 Å². The van der Waals surface area contributed by atoms with Gasteiger partial charge in [-0.3, -0.25) is 19.0 Å². The second kappa shape index (κ2) is 6.00. The van der Waals surface area contributed by atoms with E-state index in [4.69, 9.17) is 9.47 Å². The van der Waals surface area contributed by atoms with Crippen molar-refractivity contribution in [3.63, 3.8) is 0 Å². The summed E-state index contributed by atoms with van der Waals surface area (Å²) in [5.41, 5.74) is 0.152. The van der Waals surface area contributed by atoms with Gasteiger partial charge < -0.3 is 9.47 Å². The molecule has 7 nitrogen and oxygen atoms in total. The highest BCUT2D eigenvalue weighted by atomic mass is 16.5. The molecule has 0 amide bonds. The molecule has 21 heavy (non-hydrogen) atoms. The molecule has 0 aliphatic heterocycles. The molecule has 0 aliphatic rings. The smallest absolute Gasteiger partial charge is 0.308 e. The summed E-state index contributed by atoms with van der Waals surface area (Å²) in [7, 11) is 0. The van der Waals surface area contributed by atoms with Gasteiger partial charge in [0.1, 0.15) is 17.8 Å². The van der Waals surface area contributed by atoms with Crippen molar-refractivity contribution in [2.24, 2.45) is 0 Å². The number of esters is 2. The maximum absolute atomic E-state index is 12.3. The Morgan fingerprint density at radius 1 is 1.10 bits per heavy atom. The van der Waals surface area contributed by atoms with Crippen LogP contribution in [0.5, 0.6) is 11.5 Å². The third-order valence-corrected chi connectivity index (χ3v) is 2.44. The van der Waals surface area contributed by atoms with Crippen LogP contribution in [0.2, 0.25) is 0 Å². The molecule has 1 aromatic heterocycles. The number of imidazole rings is 1. The van der Waals surface area contributed by atoms with Gasteiger partial charge in [-0.15, -0.1) is 0 Å². The van der Waals surface area contributed by atoms with Crippen molar-refractivity contribution >= 4 is 17.8 Å². The zero-order valence-corrected chi connectivity index (χ0v) is 11.4. The van der Waals surface area contributed by atoms with Crippen LogP contribution in [-0.4, -0.2) is 27.4 Å². The minimum absolute atomic E-state index is 0.0138. The van der Waals surface area contributed by atoms with Gasteiger partial charge in [0.2, 0.25) is 0 Å². The van der Waals surface area contributed by atoms with E-state index in [1.807, 2.05) is 0 Å². The number of hydrogen-bond donors (Lipinski definition) is 0. The summed E-state index contributed by atoms with van der Waals surface area (Å²) in [6.45, 7) is 2.46. The van der Waals surface area contributed by atoms with Crippen LogP contribution in [0.4, 0.5) is 0 Å². The van der Waals surface area contributed by atoms with Gasteiger partial charge in [0.05, 0.1) is 5.56 Å². The van der Waals surface area contributed by atoms with E-state index in [1.165, 1.54) is 55.3 Å². The largest absolute Gasteiger partial charge is 0.427 e. The van der Waals surface area contributed by atoms with Crippen molar-refractivity contribution in [3.05, 3.63) is 42.5 Å². The number of ether oxygens (including phenoxy) is 2. The third kappa shape index (κ3) is 3.53. The lowest BCUT2D eigenvalue weighted by Gasteiger charge is -2.10. The number of carbonyl (C=O) groups excluding carboxylic acids is 3. The molecule has 108 valence electrons. The molecule has 0 aliphatic carbocycles. The first-order valence-corrected chi connectivity index (χ1v) is 6.01. The van der Waals surface area contributed by atoms with Gasteiger partial charge in [0, 0.05) is 32.3 Å². The molecular weight excluding hydrogens is 276 g/mol. The predicted molar refractivity (Wildman–Crippen MR) is 71.0 cm³/mol. The Morgan fingerprint density at radius 2 is 1.81 bits per heavy atom. The SMILES string of the molecule is CC(=O)Oc1ccc(C(=O)n2ccnc2)c(OC(C)=O)c1. The van der Waals surface area contributed by atoms with Crippen molar-refractivity contribution < 1.29 is 23.9 Å². The summed E-state index contributed by atoms with van der Waals surface area (Å²) in [4.78, 5) is 38.1. The number of benzene rings is 1. The number of rotatable bonds is 3. The highest BCUT2D eigenvalue weighted by Gasteiger charge is 2.17. The van der Waals surface area contributed by atoms with Crippen molar-refractivity contribution in [1.29, 1.82) is 0 Å². The molecule has 0 bridgehead atoms. The molecule has 7 heteroatoms. The first-order valence-electron chi connectivity index (χ1n) is 6.01. The average molecular weight is 288 g/mol. The van der Waals surface area contributed by atoms with Crippen molar-refractivity contribution in [1.82, 2.24) is 9.55 Å². The molecule has 0 unspecified atom stereocenters. The molecule has 0 spiro atoms. The molecule has 0 N–H and O–H groups in total. The van der Waals surface area contributed by atoms with E-state index in [0.717, 1.165) is 0 Å². The van der Waals surface area contributed by atoms with Gasteiger partial charge in [-0.1, -0.05) is 0 Å². The number of hydrogen-bond acceptors (Lipinski definition) is 6. The summed E-state index contributed by atoms with van der Waals surface area (Å²) in [5.74, 6) is -1.33. The second-order valence-electron chi connectivity index (χ2n) is 4.12. The average Bonchev–Trinajstić information content (AvgIpc) is 2.90. The fourth-order valence-electron chi connectivity index (χ4n) is 1.67. The number of aromatic nitrogens is 2. The zero-order chi connectivity index (χ0) is 15.4. The highest BCUT2D eigenvalue weighted by molar-refractivity contribution is 5.99. The Kier molecular flexibility index (Phi) is 4.13. The summed E-state index contributed by atoms with van der Waals surface area (Å²) < 4.78 is 11.1. The molecular formula is C14H12N2O5. The molecule has 1 aromatic carbocycles. The number of carbonyl (C=O) groups is 3. The predicted octanol–water partition coefficient (Wildman–Crippen LogP) is 1.42. The first kappa shape index (κ1) is 14.4. The lowest BCUT2D eigenvalue weighted by molar-refractivity contribution is -0.132. The van der Waals surface area contributed by atoms with E-state index in [-0.39, 0.29) is 17.1 Å². The van der Waals surface area contributed by atoms with Crippen LogP contribution in [0.1, 0.15) is 24.2 Å². The lowest BCUT2D eigenvalue weighted by atomic mass is 10.1. The Labute approximate surface area is 120 Å². The molecule has 2 rings (SSSR count).